The third kappa shape index (κ3) is 6.82. The maximum absolute atomic E-state index is 12.0. The minimum absolute atomic E-state index is 0.128. The Morgan fingerprint density at radius 3 is 2.24 bits per heavy atom. The fraction of sp³-hybridized carbons (Fsp3) is 0.600. The zero-order valence-electron chi connectivity index (χ0n) is 12.5. The molecular formula is C15H22F3NO2. The highest BCUT2D eigenvalue weighted by molar-refractivity contribution is 5.27. The predicted molar refractivity (Wildman–Crippen MR) is 75.2 cm³/mol. The number of rotatable bonds is 7. The van der Waals surface area contributed by atoms with Gasteiger partial charge in [-0.2, -0.15) is 13.2 Å². The summed E-state index contributed by atoms with van der Waals surface area (Å²) in [6, 6.07) is 6.40. The number of nitrogens with one attached hydrogen (secondary N) is 1. The molecule has 3 nitrogen and oxygen atoms in total. The van der Waals surface area contributed by atoms with Crippen LogP contribution in [-0.2, 0) is 6.54 Å². The third-order valence-electron chi connectivity index (χ3n) is 3.38. The van der Waals surface area contributed by atoms with E-state index in [0.29, 0.717) is 13.1 Å². The van der Waals surface area contributed by atoms with Crippen molar-refractivity contribution in [3.63, 3.8) is 0 Å². The van der Waals surface area contributed by atoms with Gasteiger partial charge in [0, 0.05) is 13.1 Å². The topological polar surface area (TPSA) is 41.5 Å². The Hall–Kier alpha value is -1.27. The maximum atomic E-state index is 12.0. The molecular weight excluding hydrogens is 283 g/mol. The zero-order chi connectivity index (χ0) is 16.1. The molecule has 6 heteroatoms. The average Bonchev–Trinajstić information content (AvgIpc) is 2.36. The monoisotopic (exact) mass is 305 g/mol. The minimum Gasteiger partial charge on any atom is -0.484 e. The first-order chi connectivity index (χ1) is 9.60. The summed E-state index contributed by atoms with van der Waals surface area (Å²) in [5, 5.41) is 13.2. The standard InChI is InChI=1S/C15H22F3NO2/c1-11(2)14(3,20)9-19-8-12-4-6-13(7-5-12)21-10-15(16,17)18/h4-7,11,19-20H,8-10H2,1-3H3. The van der Waals surface area contributed by atoms with Crippen molar-refractivity contribution in [2.75, 3.05) is 13.2 Å². The second kappa shape index (κ2) is 7.13. The smallest absolute Gasteiger partial charge is 0.422 e. The second-order valence-electron chi connectivity index (χ2n) is 5.66. The second-order valence-corrected chi connectivity index (χ2v) is 5.66. The first-order valence-corrected chi connectivity index (χ1v) is 6.82. The molecule has 0 spiro atoms. The van der Waals surface area contributed by atoms with Crippen molar-refractivity contribution in [2.45, 2.75) is 39.1 Å². The van der Waals surface area contributed by atoms with E-state index in [1.165, 1.54) is 12.1 Å². The van der Waals surface area contributed by atoms with Crippen LogP contribution in [0.25, 0.3) is 0 Å². The number of aliphatic hydroxyl groups is 1. The molecule has 21 heavy (non-hydrogen) atoms. The lowest BCUT2D eigenvalue weighted by atomic mass is 9.92. The Balaban J connectivity index is 2.41. The summed E-state index contributed by atoms with van der Waals surface area (Å²) in [4.78, 5) is 0. The van der Waals surface area contributed by atoms with Crippen LogP contribution in [0.15, 0.2) is 24.3 Å². The third-order valence-corrected chi connectivity index (χ3v) is 3.38. The first kappa shape index (κ1) is 17.8. The van der Waals surface area contributed by atoms with E-state index in [-0.39, 0.29) is 11.7 Å². The van der Waals surface area contributed by atoms with Crippen molar-refractivity contribution in [3.05, 3.63) is 29.8 Å². The summed E-state index contributed by atoms with van der Waals surface area (Å²) in [7, 11) is 0. The van der Waals surface area contributed by atoms with E-state index in [2.05, 4.69) is 10.1 Å². The van der Waals surface area contributed by atoms with Crippen molar-refractivity contribution in [1.29, 1.82) is 0 Å². The lowest BCUT2D eigenvalue weighted by Gasteiger charge is -2.28. The molecule has 0 fully saturated rings. The number of alkyl halides is 3. The zero-order valence-corrected chi connectivity index (χ0v) is 12.5. The summed E-state index contributed by atoms with van der Waals surface area (Å²) < 4.78 is 40.6. The Kier molecular flexibility index (Phi) is 6.04. The first-order valence-electron chi connectivity index (χ1n) is 6.82. The molecule has 0 aromatic heterocycles. The van der Waals surface area contributed by atoms with Crippen LogP contribution in [0.1, 0.15) is 26.3 Å². The number of benzene rings is 1. The van der Waals surface area contributed by atoms with Gasteiger partial charge in [-0.15, -0.1) is 0 Å². The largest absolute Gasteiger partial charge is 0.484 e. The minimum atomic E-state index is -4.33. The van der Waals surface area contributed by atoms with E-state index in [9.17, 15) is 18.3 Å². The van der Waals surface area contributed by atoms with E-state index in [4.69, 9.17) is 0 Å². The molecule has 120 valence electrons. The Morgan fingerprint density at radius 2 is 1.76 bits per heavy atom. The van der Waals surface area contributed by atoms with Gasteiger partial charge in [-0.05, 0) is 30.5 Å². The van der Waals surface area contributed by atoms with Crippen LogP contribution in [0, 0.1) is 5.92 Å². The van der Waals surface area contributed by atoms with E-state index in [1.807, 2.05) is 13.8 Å². The summed E-state index contributed by atoms with van der Waals surface area (Å²) >= 11 is 0. The van der Waals surface area contributed by atoms with Crippen LogP contribution in [-0.4, -0.2) is 30.0 Å². The van der Waals surface area contributed by atoms with E-state index < -0.39 is 18.4 Å². The van der Waals surface area contributed by atoms with Crippen LogP contribution in [0.4, 0.5) is 13.2 Å². The highest BCUT2D eigenvalue weighted by Crippen LogP contribution is 2.19. The summed E-state index contributed by atoms with van der Waals surface area (Å²) in [5.41, 5.74) is 0.115. The fourth-order valence-electron chi connectivity index (χ4n) is 1.53. The van der Waals surface area contributed by atoms with Gasteiger partial charge < -0.3 is 15.2 Å². The number of halogens is 3. The van der Waals surface area contributed by atoms with Crippen molar-refractivity contribution in [2.24, 2.45) is 5.92 Å². The molecule has 1 rings (SSSR count). The Labute approximate surface area is 123 Å². The SMILES string of the molecule is CC(C)C(C)(O)CNCc1ccc(OCC(F)(F)F)cc1. The molecule has 1 atom stereocenters. The Morgan fingerprint density at radius 1 is 1.19 bits per heavy atom. The van der Waals surface area contributed by atoms with Gasteiger partial charge in [-0.3, -0.25) is 0 Å². The van der Waals surface area contributed by atoms with Crippen molar-refractivity contribution >= 4 is 0 Å². The van der Waals surface area contributed by atoms with Gasteiger partial charge in [0.1, 0.15) is 5.75 Å². The molecule has 2 N–H and O–H groups in total. The van der Waals surface area contributed by atoms with Gasteiger partial charge in [0.15, 0.2) is 6.61 Å². The molecule has 0 bridgehead atoms. The lowest BCUT2D eigenvalue weighted by Crippen LogP contribution is -2.41. The van der Waals surface area contributed by atoms with Crippen LogP contribution < -0.4 is 10.1 Å². The normalized spacial score (nSPS) is 15.0. The van der Waals surface area contributed by atoms with Gasteiger partial charge in [0.05, 0.1) is 5.60 Å². The molecule has 0 aliphatic carbocycles. The fourth-order valence-corrected chi connectivity index (χ4v) is 1.53. The number of hydrogen-bond donors (Lipinski definition) is 2. The van der Waals surface area contributed by atoms with E-state index >= 15 is 0 Å². The molecule has 0 heterocycles. The van der Waals surface area contributed by atoms with Crippen LogP contribution in [0.5, 0.6) is 5.75 Å². The molecule has 1 aromatic carbocycles. The summed E-state index contributed by atoms with van der Waals surface area (Å²) in [5.74, 6) is 0.313. The summed E-state index contributed by atoms with van der Waals surface area (Å²) in [6.07, 6.45) is -4.33. The van der Waals surface area contributed by atoms with Crippen LogP contribution in [0.3, 0.4) is 0 Å². The molecule has 0 aliphatic rings. The molecule has 1 unspecified atom stereocenters. The van der Waals surface area contributed by atoms with Gasteiger partial charge in [-0.25, -0.2) is 0 Å². The van der Waals surface area contributed by atoms with Gasteiger partial charge >= 0.3 is 6.18 Å². The van der Waals surface area contributed by atoms with Crippen LogP contribution in [0.2, 0.25) is 0 Å². The molecule has 0 radical (unpaired) electrons. The molecule has 0 saturated carbocycles. The molecule has 0 amide bonds. The quantitative estimate of drug-likeness (QED) is 0.813. The number of ether oxygens (including phenoxy) is 1. The highest BCUT2D eigenvalue weighted by atomic mass is 19.4. The van der Waals surface area contributed by atoms with Gasteiger partial charge in [-0.1, -0.05) is 26.0 Å². The Bertz CT molecular complexity index is 428. The van der Waals surface area contributed by atoms with E-state index in [0.717, 1.165) is 5.56 Å². The summed E-state index contributed by atoms with van der Waals surface area (Å²) in [6.45, 7) is 5.32. The lowest BCUT2D eigenvalue weighted by molar-refractivity contribution is -0.153. The van der Waals surface area contributed by atoms with Gasteiger partial charge in [0.2, 0.25) is 0 Å². The van der Waals surface area contributed by atoms with Crippen molar-refractivity contribution in [1.82, 2.24) is 5.32 Å². The van der Waals surface area contributed by atoms with Crippen LogP contribution >= 0.6 is 0 Å². The molecule has 0 saturated heterocycles. The molecule has 1 aromatic rings. The number of hydrogen-bond acceptors (Lipinski definition) is 3. The predicted octanol–water partition coefficient (Wildman–Crippen LogP) is 3.12. The average molecular weight is 305 g/mol. The van der Waals surface area contributed by atoms with Crippen molar-refractivity contribution < 1.29 is 23.0 Å². The highest BCUT2D eigenvalue weighted by Gasteiger charge is 2.28. The van der Waals surface area contributed by atoms with E-state index in [1.54, 1.807) is 19.1 Å². The van der Waals surface area contributed by atoms with Crippen molar-refractivity contribution in [3.8, 4) is 5.75 Å². The molecule has 0 aliphatic heterocycles. The maximum Gasteiger partial charge on any atom is 0.422 e. The van der Waals surface area contributed by atoms with Gasteiger partial charge in [0.25, 0.3) is 0 Å².